The molecule has 538 valence electrons. The summed E-state index contributed by atoms with van der Waals surface area (Å²) in [6.07, 6.45) is 14.0. The number of ether oxygens (including phenoxy) is 2. The molecular formula is C76H83Cl6N11O9. The fraction of sp³-hybridized carbons (Fsp3) is 0.395. The number of nitrogens with zero attached hydrogens (tertiary/aromatic N) is 6. The van der Waals surface area contributed by atoms with Crippen molar-refractivity contribution in [3.05, 3.63) is 206 Å². The Kier molecular flexibility index (Phi) is 25.3. The van der Waals surface area contributed by atoms with E-state index in [-0.39, 0.29) is 65.5 Å². The summed E-state index contributed by atoms with van der Waals surface area (Å²) in [6, 6.07) is 30.9. The largest absolute Gasteiger partial charge is 0.444 e. The van der Waals surface area contributed by atoms with Crippen LogP contribution >= 0.6 is 69.6 Å². The average Bonchev–Trinajstić information content (AvgIpc) is 1.25. The number of aromatic nitrogens is 6. The van der Waals surface area contributed by atoms with Crippen molar-refractivity contribution in [3.63, 3.8) is 0 Å². The van der Waals surface area contributed by atoms with Gasteiger partial charge in [0, 0.05) is 54.6 Å². The number of imidazole rings is 1. The maximum Gasteiger partial charge on any atom is 0.408 e. The van der Waals surface area contributed by atoms with Gasteiger partial charge in [-0.05, 0) is 208 Å². The Morgan fingerprint density at radius 1 is 0.627 bits per heavy atom. The number of pyridine rings is 2. The van der Waals surface area contributed by atoms with Gasteiger partial charge >= 0.3 is 6.09 Å². The molecule has 0 radical (unpaired) electrons. The van der Waals surface area contributed by atoms with E-state index in [1.807, 2.05) is 76.9 Å². The van der Waals surface area contributed by atoms with Crippen molar-refractivity contribution in [1.82, 2.24) is 44.6 Å². The van der Waals surface area contributed by atoms with Crippen LogP contribution in [0.2, 0.25) is 25.1 Å². The number of hydrogen-bond acceptors (Lipinski definition) is 14. The lowest BCUT2D eigenvalue weighted by Gasteiger charge is -2.24. The molecule has 1 saturated heterocycles. The van der Waals surface area contributed by atoms with Gasteiger partial charge in [-0.3, -0.25) is 33.3 Å². The molecule has 4 atom stereocenters. The predicted molar refractivity (Wildman–Crippen MR) is 404 cm³/mol. The molecule has 4 saturated carbocycles. The van der Waals surface area contributed by atoms with Crippen LogP contribution in [0.4, 0.5) is 10.6 Å². The summed E-state index contributed by atoms with van der Waals surface area (Å²) in [4.78, 5) is 98.8. The molecule has 3 amide bonds. The highest BCUT2D eigenvalue weighted by Gasteiger charge is 2.33. The van der Waals surface area contributed by atoms with E-state index < -0.39 is 23.0 Å². The second-order valence-electron chi connectivity index (χ2n) is 27.3. The number of carbonyl (C=O) groups excluding carboxylic acids is 5. The fourth-order valence-electron chi connectivity index (χ4n) is 11.8. The third kappa shape index (κ3) is 19.5. The SMILES string of the molecule is CC(NC(=O)OC(C)(C)C)C(=O)Cc1cccc(Cl)c1C(=O)NC1CC1.C[C@H](N)c1cc2cccc(Cl)c2c(=O)n1C1CC1.C[C@H](Nc1ncnc2c1ncn2C1CCCCO1)c1cc2cccc(Cl)c2c(=O)n1C1CC1.Cc1cccc(Cl)c1C(=O)Cl.Cc1cccc(Cl)c1C(=O)NC1CC1. The summed E-state index contributed by atoms with van der Waals surface area (Å²) in [5.74, 6) is 0.0888. The molecule has 5 fully saturated rings. The van der Waals surface area contributed by atoms with Crippen LogP contribution in [0.5, 0.6) is 0 Å². The molecule has 6 N–H and O–H groups in total. The third-order valence-electron chi connectivity index (χ3n) is 17.6. The standard InChI is InChI=1S/C24H25ClN6O2.C19H25ClN2O4.C14H15ClN2O.C11H12ClNO.C8H6Cl2O/c1-14(18-11-15-5-4-6-17(25)20(15)24(32)31(18)16-8-9-16)29-22-21-23(27-12-26-22)30(13-28-21)19-7-2-3-10-33-19;1-11(21-18(25)26-19(2,3)4)15(23)10-12-6-5-7-14(20)16(12)17(24)22-13-8-9-13;1-8(16)12-7-9-3-2-4-11(15)13(9)14(18)17(12)10-5-6-10;1-7-3-2-4-9(12)10(7)11(14)13-8-5-6-8;1-5-3-2-4-6(9)7(5)8(10)11/h4-6,11-14,16,19H,2-3,7-10H2,1H3,(H,26,27,29);5-7,11,13H,8-10H2,1-4H3,(H,21,25)(H,22,24);2-4,7-8,10H,5-6,16H2,1H3;2-4,8H,5-6H2,1H3,(H,13,14);2-4H,1H3/t14-,19?;;8-;;/m0.0../s1. The number of fused-ring (bicyclic) bond motifs is 3. The lowest BCUT2D eigenvalue weighted by atomic mass is 9.99. The molecule has 2 unspecified atom stereocenters. The molecule has 102 heavy (non-hydrogen) atoms. The van der Waals surface area contributed by atoms with Crippen molar-refractivity contribution in [3.8, 4) is 0 Å². The number of aryl methyl sites for hydroxylation is 2. The minimum absolute atomic E-state index is 0.00657. The van der Waals surface area contributed by atoms with Crippen LogP contribution in [-0.2, 0) is 20.7 Å². The Labute approximate surface area is 621 Å². The summed E-state index contributed by atoms with van der Waals surface area (Å²) in [7, 11) is 0. The molecule has 0 spiro atoms. The van der Waals surface area contributed by atoms with Crippen molar-refractivity contribution in [2.75, 3.05) is 11.9 Å². The highest BCUT2D eigenvalue weighted by molar-refractivity contribution is 6.69. The number of Topliss-reactive ketones (excluding diaryl/α,β-unsaturated/α-hetero) is 1. The van der Waals surface area contributed by atoms with E-state index in [1.165, 1.54) is 0 Å². The zero-order valence-corrected chi connectivity index (χ0v) is 62.5. The van der Waals surface area contributed by atoms with Gasteiger partial charge in [-0.2, -0.15) is 0 Å². The van der Waals surface area contributed by atoms with Gasteiger partial charge < -0.3 is 45.6 Å². The number of hydrogen-bond donors (Lipinski definition) is 5. The normalized spacial score (nSPS) is 16.4. The zero-order chi connectivity index (χ0) is 73.4. The molecule has 20 nitrogen and oxygen atoms in total. The first-order chi connectivity index (χ1) is 48.6. The minimum atomic E-state index is -0.747. The van der Waals surface area contributed by atoms with E-state index >= 15 is 0 Å². The number of amides is 3. The molecule has 4 aliphatic carbocycles. The number of nitrogens with two attached hydrogens (primary N) is 1. The van der Waals surface area contributed by atoms with Gasteiger partial charge in [-0.25, -0.2) is 19.7 Å². The van der Waals surface area contributed by atoms with Gasteiger partial charge in [0.1, 0.15) is 18.2 Å². The third-order valence-corrected chi connectivity index (χ3v) is 19.4. The Balaban J connectivity index is 0.000000145. The van der Waals surface area contributed by atoms with Crippen molar-refractivity contribution in [1.29, 1.82) is 0 Å². The first-order valence-corrected chi connectivity index (χ1v) is 36.5. The number of anilines is 1. The molecule has 26 heteroatoms. The maximum absolute atomic E-state index is 13.4. The van der Waals surface area contributed by atoms with E-state index in [2.05, 4.69) is 42.3 Å². The van der Waals surface area contributed by atoms with Gasteiger partial charge in [-0.1, -0.05) is 119 Å². The van der Waals surface area contributed by atoms with Gasteiger partial charge in [-0.15, -0.1) is 0 Å². The summed E-state index contributed by atoms with van der Waals surface area (Å²) >= 11 is 35.7. The van der Waals surface area contributed by atoms with Gasteiger partial charge in [0.05, 0.1) is 71.0 Å². The second kappa shape index (κ2) is 33.7. The number of carbonyl (C=O) groups is 5. The van der Waals surface area contributed by atoms with E-state index in [0.29, 0.717) is 81.6 Å². The Morgan fingerprint density at radius 3 is 1.62 bits per heavy atom. The molecule has 0 bridgehead atoms. The number of rotatable bonds is 16. The number of nitrogens with one attached hydrogen (secondary N) is 4. The quantitative estimate of drug-likeness (QED) is 0.0564. The number of alkyl carbamates (subject to hydrolysis) is 1. The minimum Gasteiger partial charge on any atom is -0.444 e. The van der Waals surface area contributed by atoms with Gasteiger partial charge in [0.2, 0.25) is 0 Å². The molecule has 5 heterocycles. The Hall–Kier alpha value is -7.92. The van der Waals surface area contributed by atoms with E-state index in [4.69, 9.17) is 84.8 Å². The Bertz CT molecular complexity index is 4700. The lowest BCUT2D eigenvalue weighted by Crippen LogP contribution is -2.42. The summed E-state index contributed by atoms with van der Waals surface area (Å²) in [5.41, 5.74) is 12.2. The predicted octanol–water partition coefficient (Wildman–Crippen LogP) is 16.8. The summed E-state index contributed by atoms with van der Waals surface area (Å²) in [5, 5.41) is 16.5. The van der Waals surface area contributed by atoms with E-state index in [0.717, 1.165) is 116 Å². The number of halogens is 6. The summed E-state index contributed by atoms with van der Waals surface area (Å²) < 4.78 is 16.8. The molecular weight excluding hydrogens is 1420 g/mol. The van der Waals surface area contributed by atoms with Crippen LogP contribution in [0.25, 0.3) is 32.7 Å². The van der Waals surface area contributed by atoms with Crippen LogP contribution in [0.3, 0.4) is 0 Å². The highest BCUT2D eigenvalue weighted by atomic mass is 35.5. The Morgan fingerprint density at radius 2 is 1.13 bits per heavy atom. The maximum atomic E-state index is 13.4. The van der Waals surface area contributed by atoms with Gasteiger partial charge in [0.15, 0.2) is 22.8 Å². The number of ketones is 1. The average molecular weight is 1510 g/mol. The van der Waals surface area contributed by atoms with Crippen LogP contribution in [-0.4, -0.2) is 87.9 Å². The fourth-order valence-corrected chi connectivity index (χ4v) is 13.6. The van der Waals surface area contributed by atoms with Crippen LogP contribution in [0, 0.1) is 13.8 Å². The first-order valence-electron chi connectivity index (χ1n) is 34.2. The molecule has 14 rings (SSSR count). The van der Waals surface area contributed by atoms with Crippen molar-refractivity contribution >= 4 is 137 Å². The van der Waals surface area contributed by atoms with Crippen LogP contribution in [0.15, 0.2) is 125 Å². The van der Waals surface area contributed by atoms with Crippen molar-refractivity contribution in [2.24, 2.45) is 5.73 Å². The molecule has 9 aromatic rings. The molecule has 5 aromatic carbocycles. The molecule has 4 aromatic heterocycles. The van der Waals surface area contributed by atoms with E-state index in [9.17, 15) is 33.6 Å². The number of benzene rings is 5. The van der Waals surface area contributed by atoms with E-state index in [1.54, 1.807) is 102 Å². The van der Waals surface area contributed by atoms with Gasteiger partial charge in [0.25, 0.3) is 28.2 Å². The zero-order valence-electron chi connectivity index (χ0n) is 58.0. The lowest BCUT2D eigenvalue weighted by molar-refractivity contribution is -0.120. The van der Waals surface area contributed by atoms with Crippen LogP contribution < -0.4 is 38.1 Å². The summed E-state index contributed by atoms with van der Waals surface area (Å²) in [6.45, 7) is 15.2. The van der Waals surface area contributed by atoms with Crippen LogP contribution in [0.1, 0.15) is 202 Å². The first kappa shape index (κ1) is 76.7. The highest BCUT2D eigenvalue weighted by Crippen LogP contribution is 2.40. The van der Waals surface area contributed by atoms with Crippen molar-refractivity contribution in [2.45, 2.75) is 187 Å². The second-order valence-corrected chi connectivity index (χ2v) is 29.7. The van der Waals surface area contributed by atoms with Crippen molar-refractivity contribution < 1.29 is 33.4 Å². The topological polar surface area (TPSA) is 266 Å². The monoisotopic (exact) mass is 1500 g/mol. The molecule has 5 aliphatic rings. The molecule has 1 aliphatic heterocycles. The smallest absolute Gasteiger partial charge is 0.408 e.